The van der Waals surface area contributed by atoms with Gasteiger partial charge in [-0.05, 0) is 12.8 Å². The van der Waals surface area contributed by atoms with Gasteiger partial charge >= 0.3 is 5.97 Å². The lowest BCUT2D eigenvalue weighted by molar-refractivity contribution is -0.145. The van der Waals surface area contributed by atoms with Crippen LogP contribution in [0.4, 0.5) is 0 Å². The fourth-order valence-corrected chi connectivity index (χ4v) is 6.61. The second-order valence-corrected chi connectivity index (χ2v) is 15.7. The van der Waals surface area contributed by atoms with Crippen LogP contribution in [-0.2, 0) is 47.4 Å². The third-order valence-electron chi connectivity index (χ3n) is 10.2. The van der Waals surface area contributed by atoms with Crippen LogP contribution in [0.2, 0.25) is 0 Å². The van der Waals surface area contributed by atoms with Crippen molar-refractivity contribution in [1.29, 1.82) is 0 Å². The Hall–Kier alpha value is -0.850. The van der Waals surface area contributed by atoms with Crippen molar-refractivity contribution in [2.45, 2.75) is 194 Å². The van der Waals surface area contributed by atoms with Crippen molar-refractivity contribution < 1.29 is 47.4 Å². The highest BCUT2D eigenvalue weighted by Gasteiger charge is 2.03. The third kappa shape index (κ3) is 53.2. The highest BCUT2D eigenvalue weighted by atomic mass is 16.6. The topological polar surface area (TPSA) is 100 Å². The standard InChI is InChI=1S/C48H96O10/c1-3-5-7-9-11-13-15-17-19-21-23-25-27-29-31-50-32-33-51-34-35-52-36-37-53-38-39-54-40-41-55-42-43-56-44-45-57-46-47-58-48(49)30-28-26-24-22-20-18-16-14-12-10-8-6-4-2/h3-47H2,1-2H3. The molecule has 10 heteroatoms. The van der Waals surface area contributed by atoms with E-state index in [1.165, 1.54) is 154 Å². The average Bonchev–Trinajstić information content (AvgIpc) is 3.23. The second-order valence-electron chi connectivity index (χ2n) is 15.7. The first-order valence-electron chi connectivity index (χ1n) is 24.6. The summed E-state index contributed by atoms with van der Waals surface area (Å²) in [5, 5.41) is 0. The van der Waals surface area contributed by atoms with E-state index < -0.39 is 0 Å². The Kier molecular flexibility index (Phi) is 53.4. The molecule has 0 unspecified atom stereocenters. The van der Waals surface area contributed by atoms with Gasteiger partial charge in [-0.2, -0.15) is 0 Å². The molecule has 0 aliphatic heterocycles. The van der Waals surface area contributed by atoms with Crippen LogP contribution in [0.25, 0.3) is 0 Å². The van der Waals surface area contributed by atoms with Gasteiger partial charge in [-0.3, -0.25) is 4.79 Å². The van der Waals surface area contributed by atoms with E-state index in [2.05, 4.69) is 13.8 Å². The number of carbonyl (C=O) groups is 1. The first-order chi connectivity index (χ1) is 28.8. The molecule has 0 saturated heterocycles. The monoisotopic (exact) mass is 833 g/mol. The fourth-order valence-electron chi connectivity index (χ4n) is 6.61. The molecule has 0 heterocycles. The summed E-state index contributed by atoms with van der Waals surface area (Å²) >= 11 is 0. The Morgan fingerprint density at radius 3 is 0.724 bits per heavy atom. The molecular formula is C48H96O10. The van der Waals surface area contributed by atoms with E-state index >= 15 is 0 Å². The predicted molar refractivity (Wildman–Crippen MR) is 238 cm³/mol. The van der Waals surface area contributed by atoms with Crippen LogP contribution in [0.3, 0.4) is 0 Å². The quantitative estimate of drug-likeness (QED) is 0.0435. The number of carbonyl (C=O) groups excluding carboxylic acids is 1. The van der Waals surface area contributed by atoms with Crippen LogP contribution in [-0.4, -0.2) is 118 Å². The highest BCUT2D eigenvalue weighted by molar-refractivity contribution is 5.69. The molecule has 10 nitrogen and oxygen atoms in total. The van der Waals surface area contributed by atoms with Gasteiger partial charge in [0.05, 0.1) is 99.1 Å². The largest absolute Gasteiger partial charge is 0.463 e. The maximum absolute atomic E-state index is 11.9. The van der Waals surface area contributed by atoms with Gasteiger partial charge in [0.15, 0.2) is 0 Å². The minimum atomic E-state index is -0.125. The maximum atomic E-state index is 11.9. The molecule has 0 aliphatic rings. The van der Waals surface area contributed by atoms with Gasteiger partial charge < -0.3 is 42.6 Å². The molecule has 0 amide bonds. The van der Waals surface area contributed by atoms with Crippen LogP contribution >= 0.6 is 0 Å². The minimum Gasteiger partial charge on any atom is -0.463 e. The minimum absolute atomic E-state index is 0.125. The molecule has 0 aromatic heterocycles. The Bertz CT molecular complexity index is 743. The number of ether oxygens (including phenoxy) is 9. The third-order valence-corrected chi connectivity index (χ3v) is 10.2. The molecule has 0 saturated carbocycles. The first kappa shape index (κ1) is 57.1. The van der Waals surface area contributed by atoms with Gasteiger partial charge in [0.2, 0.25) is 0 Å². The van der Waals surface area contributed by atoms with Gasteiger partial charge in [-0.1, -0.05) is 174 Å². The Morgan fingerprint density at radius 1 is 0.241 bits per heavy atom. The highest BCUT2D eigenvalue weighted by Crippen LogP contribution is 2.14. The van der Waals surface area contributed by atoms with Crippen molar-refractivity contribution in [3.8, 4) is 0 Å². The SMILES string of the molecule is CCCCCCCCCCCCCCCCOCCOCCOCCOCCOCCOCCOCCOCCOC(=O)CCCCCCCCCCCCCCC. The summed E-state index contributed by atoms with van der Waals surface area (Å²) in [6, 6.07) is 0. The van der Waals surface area contributed by atoms with Gasteiger partial charge in [0.25, 0.3) is 0 Å². The van der Waals surface area contributed by atoms with Crippen molar-refractivity contribution in [1.82, 2.24) is 0 Å². The lowest BCUT2D eigenvalue weighted by Crippen LogP contribution is -2.15. The fraction of sp³-hybridized carbons (Fsp3) is 0.979. The summed E-state index contributed by atoms with van der Waals surface area (Å²) < 4.78 is 49.7. The van der Waals surface area contributed by atoms with Crippen molar-refractivity contribution in [2.75, 3.05) is 112 Å². The van der Waals surface area contributed by atoms with Crippen molar-refractivity contribution in [3.63, 3.8) is 0 Å². The summed E-state index contributed by atoms with van der Waals surface area (Å²) in [5.41, 5.74) is 0. The number of hydrogen-bond donors (Lipinski definition) is 0. The van der Waals surface area contributed by atoms with Crippen LogP contribution in [0.15, 0.2) is 0 Å². The molecule has 0 aliphatic carbocycles. The lowest BCUT2D eigenvalue weighted by Gasteiger charge is -2.09. The van der Waals surface area contributed by atoms with Crippen LogP contribution in [0.1, 0.15) is 194 Å². The molecular weight excluding hydrogens is 737 g/mol. The lowest BCUT2D eigenvalue weighted by atomic mass is 10.0. The molecule has 0 bridgehead atoms. The normalized spacial score (nSPS) is 11.6. The van der Waals surface area contributed by atoms with E-state index in [1.807, 2.05) is 0 Å². The Balaban J connectivity index is 3.12. The second kappa shape index (κ2) is 54.2. The summed E-state index contributed by atoms with van der Waals surface area (Å²) in [6.45, 7) is 13.6. The predicted octanol–water partition coefficient (Wildman–Crippen LogP) is 11.6. The molecule has 0 radical (unpaired) electrons. The van der Waals surface area contributed by atoms with Crippen LogP contribution < -0.4 is 0 Å². The number of unbranched alkanes of at least 4 members (excludes halogenated alkanes) is 25. The molecule has 0 spiro atoms. The van der Waals surface area contributed by atoms with Gasteiger partial charge in [-0.15, -0.1) is 0 Å². The molecule has 0 N–H and O–H groups in total. The number of rotatable bonds is 53. The van der Waals surface area contributed by atoms with Gasteiger partial charge in [-0.25, -0.2) is 0 Å². The van der Waals surface area contributed by atoms with E-state index in [9.17, 15) is 4.79 Å². The molecule has 0 atom stereocenters. The summed E-state index contributed by atoms with van der Waals surface area (Å²) in [5.74, 6) is -0.125. The van der Waals surface area contributed by atoms with E-state index in [1.54, 1.807) is 0 Å². The van der Waals surface area contributed by atoms with Crippen LogP contribution in [0, 0.1) is 0 Å². The van der Waals surface area contributed by atoms with Crippen molar-refractivity contribution in [2.24, 2.45) is 0 Å². The Morgan fingerprint density at radius 2 is 0.448 bits per heavy atom. The van der Waals surface area contributed by atoms with Gasteiger partial charge in [0, 0.05) is 13.0 Å². The molecule has 0 aromatic carbocycles. The van der Waals surface area contributed by atoms with E-state index in [4.69, 9.17) is 42.6 Å². The smallest absolute Gasteiger partial charge is 0.305 e. The molecule has 348 valence electrons. The summed E-state index contributed by atoms with van der Waals surface area (Å²) in [7, 11) is 0. The van der Waals surface area contributed by atoms with Gasteiger partial charge in [0.1, 0.15) is 6.61 Å². The molecule has 0 aromatic rings. The number of esters is 1. The average molecular weight is 833 g/mol. The first-order valence-corrected chi connectivity index (χ1v) is 24.6. The van der Waals surface area contributed by atoms with Crippen molar-refractivity contribution in [3.05, 3.63) is 0 Å². The van der Waals surface area contributed by atoms with E-state index in [-0.39, 0.29) is 5.97 Å². The maximum Gasteiger partial charge on any atom is 0.305 e. The van der Waals surface area contributed by atoms with Crippen molar-refractivity contribution >= 4 is 5.97 Å². The van der Waals surface area contributed by atoms with E-state index in [0.29, 0.717) is 112 Å². The molecule has 0 fully saturated rings. The molecule has 0 rings (SSSR count). The van der Waals surface area contributed by atoms with E-state index in [0.717, 1.165) is 25.9 Å². The zero-order valence-corrected chi connectivity index (χ0v) is 38.4. The number of hydrogen-bond acceptors (Lipinski definition) is 10. The summed E-state index contributed by atoms with van der Waals surface area (Å²) in [4.78, 5) is 11.9. The molecule has 58 heavy (non-hydrogen) atoms. The Labute approximate surface area is 358 Å². The summed E-state index contributed by atoms with van der Waals surface area (Å²) in [6.07, 6.45) is 36.6. The zero-order chi connectivity index (χ0) is 41.8. The van der Waals surface area contributed by atoms with Crippen LogP contribution in [0.5, 0.6) is 0 Å². The zero-order valence-electron chi connectivity index (χ0n) is 38.4.